The third-order valence-electron chi connectivity index (χ3n) is 2.71. The van der Waals surface area contributed by atoms with Gasteiger partial charge in [0.2, 0.25) is 0 Å². The Hall–Kier alpha value is -1.03. The first-order chi connectivity index (χ1) is 7.09. The number of nitrogens with two attached hydrogens (primary N) is 1. The monoisotopic (exact) mass is 210 g/mol. The highest BCUT2D eigenvalue weighted by Crippen LogP contribution is 2.13. The molecule has 0 amide bonds. The van der Waals surface area contributed by atoms with Gasteiger partial charge in [-0.3, -0.25) is 0 Å². The zero-order valence-electron chi connectivity index (χ0n) is 9.79. The van der Waals surface area contributed by atoms with Crippen LogP contribution in [-0.4, -0.2) is 43.6 Å². The molecule has 0 aromatic rings. The highest BCUT2D eigenvalue weighted by molar-refractivity contribution is 5.77. The Morgan fingerprint density at radius 3 is 2.93 bits per heavy atom. The molecule has 0 aromatic heterocycles. The summed E-state index contributed by atoms with van der Waals surface area (Å²) in [5.41, 5.74) is 6.75. The molecule has 15 heavy (non-hydrogen) atoms. The van der Waals surface area contributed by atoms with Gasteiger partial charge >= 0.3 is 0 Å². The second-order valence-electron chi connectivity index (χ2n) is 4.32. The molecule has 4 heteroatoms. The molecule has 4 nitrogen and oxygen atoms in total. The molecule has 1 fully saturated rings. The second-order valence-corrected chi connectivity index (χ2v) is 4.32. The van der Waals surface area contributed by atoms with E-state index in [0.29, 0.717) is 18.5 Å². The lowest BCUT2D eigenvalue weighted by Gasteiger charge is -2.19. The number of likely N-dealkylation sites (tertiary alicyclic amines) is 1. The van der Waals surface area contributed by atoms with Crippen LogP contribution >= 0.6 is 0 Å². The molecular weight excluding hydrogens is 188 g/mol. The maximum Gasteiger partial charge on any atom is 0.188 e. The van der Waals surface area contributed by atoms with Crippen LogP contribution in [0.2, 0.25) is 0 Å². The highest BCUT2D eigenvalue weighted by atomic mass is 15.2. The summed E-state index contributed by atoms with van der Waals surface area (Å²) in [6.45, 7) is 8.42. The maximum atomic E-state index is 5.72. The fourth-order valence-electron chi connectivity index (χ4n) is 1.74. The molecule has 0 bridgehead atoms. The van der Waals surface area contributed by atoms with E-state index in [9.17, 15) is 0 Å². The average Bonchev–Trinajstić information content (AvgIpc) is 2.58. The van der Waals surface area contributed by atoms with E-state index in [1.807, 2.05) is 6.92 Å². The van der Waals surface area contributed by atoms with Gasteiger partial charge in [0.05, 0.1) is 6.54 Å². The Bertz CT molecular complexity index is 247. The molecule has 86 valence electrons. The minimum absolute atomic E-state index is 0.526. The van der Waals surface area contributed by atoms with Gasteiger partial charge in [0.25, 0.3) is 0 Å². The first-order valence-electron chi connectivity index (χ1n) is 5.48. The highest BCUT2D eigenvalue weighted by Gasteiger charge is 2.20. The summed E-state index contributed by atoms with van der Waals surface area (Å²) < 4.78 is 0. The molecule has 1 unspecified atom stereocenters. The van der Waals surface area contributed by atoms with Crippen molar-refractivity contribution in [3.05, 3.63) is 12.2 Å². The lowest BCUT2D eigenvalue weighted by atomic mass is 10.2. The summed E-state index contributed by atoms with van der Waals surface area (Å²) >= 11 is 0. The van der Waals surface area contributed by atoms with E-state index < -0.39 is 0 Å². The molecule has 1 rings (SSSR count). The third-order valence-corrected chi connectivity index (χ3v) is 2.71. The van der Waals surface area contributed by atoms with Crippen LogP contribution in [0.15, 0.2) is 17.1 Å². The van der Waals surface area contributed by atoms with Crippen molar-refractivity contribution in [3.63, 3.8) is 0 Å². The van der Waals surface area contributed by atoms with E-state index >= 15 is 0 Å². The van der Waals surface area contributed by atoms with E-state index in [0.717, 1.165) is 12.1 Å². The van der Waals surface area contributed by atoms with E-state index in [2.05, 4.69) is 28.8 Å². The first-order valence-corrected chi connectivity index (χ1v) is 5.48. The SMILES string of the molecule is C=C(C)CN=C(N)NCC1CCCN1C. The van der Waals surface area contributed by atoms with Crippen LogP contribution in [0.3, 0.4) is 0 Å². The number of hydrogen-bond donors (Lipinski definition) is 2. The van der Waals surface area contributed by atoms with Gasteiger partial charge in [0.1, 0.15) is 0 Å². The fourth-order valence-corrected chi connectivity index (χ4v) is 1.74. The smallest absolute Gasteiger partial charge is 0.188 e. The number of nitrogens with one attached hydrogen (secondary N) is 1. The second kappa shape index (κ2) is 5.75. The van der Waals surface area contributed by atoms with Gasteiger partial charge in [-0.2, -0.15) is 0 Å². The van der Waals surface area contributed by atoms with E-state index in [-0.39, 0.29) is 0 Å². The molecule has 0 aliphatic carbocycles. The van der Waals surface area contributed by atoms with Crippen LogP contribution in [0.5, 0.6) is 0 Å². The number of aliphatic imine (C=N–C) groups is 1. The lowest BCUT2D eigenvalue weighted by Crippen LogP contribution is -2.41. The maximum absolute atomic E-state index is 5.72. The van der Waals surface area contributed by atoms with Crippen LogP contribution < -0.4 is 11.1 Å². The Kier molecular flexibility index (Phi) is 4.62. The predicted molar refractivity (Wildman–Crippen MR) is 65.0 cm³/mol. The van der Waals surface area contributed by atoms with Crippen LogP contribution in [0.1, 0.15) is 19.8 Å². The molecule has 3 N–H and O–H groups in total. The van der Waals surface area contributed by atoms with Gasteiger partial charge in [-0.25, -0.2) is 4.99 Å². The average molecular weight is 210 g/mol. The zero-order valence-corrected chi connectivity index (χ0v) is 9.79. The van der Waals surface area contributed by atoms with E-state index in [4.69, 9.17) is 5.73 Å². The molecular formula is C11H22N4. The minimum Gasteiger partial charge on any atom is -0.370 e. The molecule has 0 spiro atoms. The quantitative estimate of drug-likeness (QED) is 0.405. The molecule has 0 aromatic carbocycles. The number of hydrogen-bond acceptors (Lipinski definition) is 2. The number of guanidine groups is 1. The first kappa shape index (κ1) is 12.0. The normalized spacial score (nSPS) is 23.1. The Balaban J connectivity index is 2.24. The van der Waals surface area contributed by atoms with Gasteiger partial charge in [0, 0.05) is 12.6 Å². The van der Waals surface area contributed by atoms with Crippen molar-refractivity contribution >= 4 is 5.96 Å². The van der Waals surface area contributed by atoms with Gasteiger partial charge in [-0.05, 0) is 33.4 Å². The lowest BCUT2D eigenvalue weighted by molar-refractivity contribution is 0.310. The van der Waals surface area contributed by atoms with Crippen LogP contribution in [0.25, 0.3) is 0 Å². The van der Waals surface area contributed by atoms with Gasteiger partial charge in [0.15, 0.2) is 5.96 Å². The summed E-state index contributed by atoms with van der Waals surface area (Å²) in [5.74, 6) is 0.526. The van der Waals surface area contributed by atoms with Crippen LogP contribution in [0, 0.1) is 0 Å². The number of likely N-dealkylation sites (N-methyl/N-ethyl adjacent to an activating group) is 1. The Morgan fingerprint density at radius 2 is 2.40 bits per heavy atom. The van der Waals surface area contributed by atoms with Crippen molar-refractivity contribution < 1.29 is 0 Å². The molecule has 1 heterocycles. The predicted octanol–water partition coefficient (Wildman–Crippen LogP) is 0.561. The molecule has 1 aliphatic rings. The molecule has 0 saturated carbocycles. The largest absolute Gasteiger partial charge is 0.370 e. The Labute approximate surface area is 92.2 Å². The standard InChI is InChI=1S/C11H22N4/c1-9(2)7-13-11(12)14-8-10-5-4-6-15(10)3/h10H,1,4-8H2,2-3H3,(H3,12,13,14). The number of rotatable bonds is 4. The fraction of sp³-hybridized carbons (Fsp3) is 0.727. The molecule has 1 atom stereocenters. The van der Waals surface area contributed by atoms with Crippen molar-refractivity contribution in [1.29, 1.82) is 0 Å². The van der Waals surface area contributed by atoms with Crippen LogP contribution in [-0.2, 0) is 0 Å². The van der Waals surface area contributed by atoms with Crippen molar-refractivity contribution in [3.8, 4) is 0 Å². The summed E-state index contributed by atoms with van der Waals surface area (Å²) in [4.78, 5) is 6.54. The van der Waals surface area contributed by atoms with Crippen molar-refractivity contribution in [2.45, 2.75) is 25.8 Å². The van der Waals surface area contributed by atoms with Crippen molar-refractivity contribution in [2.24, 2.45) is 10.7 Å². The van der Waals surface area contributed by atoms with Crippen molar-refractivity contribution in [2.75, 3.05) is 26.7 Å². The van der Waals surface area contributed by atoms with Gasteiger partial charge in [-0.1, -0.05) is 12.2 Å². The topological polar surface area (TPSA) is 53.6 Å². The Morgan fingerprint density at radius 1 is 1.67 bits per heavy atom. The van der Waals surface area contributed by atoms with Gasteiger partial charge in [-0.15, -0.1) is 0 Å². The van der Waals surface area contributed by atoms with Gasteiger partial charge < -0.3 is 16.0 Å². The summed E-state index contributed by atoms with van der Waals surface area (Å²) in [5, 5.41) is 3.16. The van der Waals surface area contributed by atoms with E-state index in [1.54, 1.807) is 0 Å². The molecule has 1 aliphatic heterocycles. The summed E-state index contributed by atoms with van der Waals surface area (Å²) in [7, 11) is 2.15. The van der Waals surface area contributed by atoms with Crippen molar-refractivity contribution in [1.82, 2.24) is 10.2 Å². The molecule has 1 saturated heterocycles. The van der Waals surface area contributed by atoms with E-state index in [1.165, 1.54) is 19.4 Å². The summed E-state index contributed by atoms with van der Waals surface area (Å²) in [6, 6.07) is 0.601. The summed E-state index contributed by atoms with van der Waals surface area (Å²) in [6.07, 6.45) is 2.53. The third kappa shape index (κ3) is 4.34. The number of nitrogens with zero attached hydrogens (tertiary/aromatic N) is 2. The zero-order chi connectivity index (χ0) is 11.3. The molecule has 0 radical (unpaired) electrons. The van der Waals surface area contributed by atoms with Crippen LogP contribution in [0.4, 0.5) is 0 Å². The minimum atomic E-state index is 0.526.